The molecule has 0 saturated heterocycles. The number of nitrogens with zero attached hydrogens (tertiary/aromatic N) is 1. The predicted molar refractivity (Wildman–Crippen MR) is 84.2 cm³/mol. The van der Waals surface area contributed by atoms with Gasteiger partial charge in [-0.15, -0.1) is 4.73 Å². The molecule has 0 bridgehead atoms. The van der Waals surface area contributed by atoms with Crippen LogP contribution in [0.15, 0.2) is 46.0 Å². The van der Waals surface area contributed by atoms with Crippen molar-refractivity contribution in [3.8, 4) is 0 Å². The quantitative estimate of drug-likeness (QED) is 0.411. The Morgan fingerprint density at radius 3 is 2.38 bits per heavy atom. The van der Waals surface area contributed by atoms with E-state index in [1.165, 1.54) is 30.3 Å². The van der Waals surface area contributed by atoms with Crippen LogP contribution in [-0.4, -0.2) is 39.8 Å². The highest BCUT2D eigenvalue weighted by molar-refractivity contribution is 5.92. The second-order valence-electron chi connectivity index (χ2n) is 4.86. The van der Waals surface area contributed by atoms with Gasteiger partial charge < -0.3 is 20.8 Å². The highest BCUT2D eigenvalue weighted by atomic mass is 16.5. The minimum Gasteiger partial charge on any atom is -0.425 e. The molecule has 4 N–H and O–H groups in total. The first kappa shape index (κ1) is 17.0. The second kappa shape index (κ2) is 7.77. The van der Waals surface area contributed by atoms with Gasteiger partial charge in [-0.1, -0.05) is 12.1 Å². The number of H-pyrrole nitrogens is 1. The average Bonchev–Trinajstić information content (AvgIpc) is 2.56. The summed E-state index contributed by atoms with van der Waals surface area (Å²) < 4.78 is 0.267. The molecule has 0 unspecified atom stereocenters. The van der Waals surface area contributed by atoms with Crippen LogP contribution in [0.2, 0.25) is 0 Å². The first-order valence-electron chi connectivity index (χ1n) is 7.16. The number of hydrogen-bond acceptors (Lipinski definition) is 5. The fourth-order valence-corrected chi connectivity index (χ4v) is 1.91. The number of amides is 2. The van der Waals surface area contributed by atoms with Crippen molar-refractivity contribution < 1.29 is 14.8 Å². The van der Waals surface area contributed by atoms with Gasteiger partial charge >= 0.3 is 0 Å². The molecule has 0 fully saturated rings. The molecule has 24 heavy (non-hydrogen) atoms. The van der Waals surface area contributed by atoms with Crippen molar-refractivity contribution in [2.45, 2.75) is 6.42 Å². The third-order valence-electron chi connectivity index (χ3n) is 3.10. The van der Waals surface area contributed by atoms with Gasteiger partial charge in [0.2, 0.25) is 5.56 Å². The fourth-order valence-electron chi connectivity index (χ4n) is 1.91. The molecule has 2 aromatic heterocycles. The zero-order valence-corrected chi connectivity index (χ0v) is 12.6. The van der Waals surface area contributed by atoms with E-state index in [1.54, 1.807) is 0 Å². The second-order valence-corrected chi connectivity index (χ2v) is 4.86. The molecule has 2 amide bonds. The van der Waals surface area contributed by atoms with Crippen molar-refractivity contribution >= 4 is 11.8 Å². The number of pyridine rings is 2. The van der Waals surface area contributed by atoms with Gasteiger partial charge in [0, 0.05) is 25.2 Å². The topological polar surface area (TPSA) is 133 Å². The maximum absolute atomic E-state index is 11.8. The van der Waals surface area contributed by atoms with Gasteiger partial charge in [-0.05, 0) is 18.6 Å². The standard InChI is InChI=1S/C15H16N4O5/c20-12-6-1-4-10(18-12)14(22)16-8-3-9-17-15(23)11-5-2-7-13(21)19(11)24/h1-2,4-7,24H,3,8-9H2,(H,16,22)(H,17,23)(H,18,20). The smallest absolute Gasteiger partial charge is 0.283 e. The van der Waals surface area contributed by atoms with Crippen molar-refractivity contribution in [3.05, 3.63) is 68.5 Å². The lowest BCUT2D eigenvalue weighted by Gasteiger charge is -2.08. The molecule has 9 nitrogen and oxygen atoms in total. The van der Waals surface area contributed by atoms with Gasteiger partial charge in [-0.25, -0.2) is 0 Å². The van der Waals surface area contributed by atoms with Crippen molar-refractivity contribution in [3.63, 3.8) is 0 Å². The van der Waals surface area contributed by atoms with Crippen molar-refractivity contribution in [2.75, 3.05) is 13.1 Å². The van der Waals surface area contributed by atoms with Crippen molar-refractivity contribution in [2.24, 2.45) is 0 Å². The molecule has 2 aromatic rings. The molecule has 9 heteroatoms. The van der Waals surface area contributed by atoms with Gasteiger partial charge in [0.05, 0.1) is 0 Å². The molecule has 2 rings (SSSR count). The highest BCUT2D eigenvalue weighted by Crippen LogP contribution is 1.94. The van der Waals surface area contributed by atoms with Crippen LogP contribution in [0.25, 0.3) is 0 Å². The average molecular weight is 332 g/mol. The van der Waals surface area contributed by atoms with Crippen LogP contribution in [0, 0.1) is 0 Å². The molecule has 0 aromatic carbocycles. The fraction of sp³-hybridized carbons (Fsp3) is 0.200. The Bertz CT molecular complexity index is 855. The summed E-state index contributed by atoms with van der Waals surface area (Å²) in [7, 11) is 0. The Hall–Kier alpha value is -3.36. The van der Waals surface area contributed by atoms with Crippen LogP contribution < -0.4 is 21.8 Å². The maximum atomic E-state index is 11.8. The van der Waals surface area contributed by atoms with E-state index in [0.717, 1.165) is 6.07 Å². The highest BCUT2D eigenvalue weighted by Gasteiger charge is 2.11. The molecular formula is C15H16N4O5. The molecule has 0 atom stereocenters. The summed E-state index contributed by atoms with van der Waals surface area (Å²) in [6.07, 6.45) is 0.428. The Morgan fingerprint density at radius 2 is 1.67 bits per heavy atom. The summed E-state index contributed by atoms with van der Waals surface area (Å²) in [4.78, 5) is 48.3. The normalized spacial score (nSPS) is 10.2. The van der Waals surface area contributed by atoms with Gasteiger partial charge in [0.1, 0.15) is 11.4 Å². The number of nitrogens with one attached hydrogen (secondary N) is 3. The minimum absolute atomic E-state index is 0.153. The monoisotopic (exact) mass is 332 g/mol. The van der Waals surface area contributed by atoms with Crippen LogP contribution >= 0.6 is 0 Å². The number of aromatic nitrogens is 2. The van der Waals surface area contributed by atoms with E-state index in [0.29, 0.717) is 6.42 Å². The van der Waals surface area contributed by atoms with Crippen LogP contribution in [0.1, 0.15) is 27.4 Å². The lowest BCUT2D eigenvalue weighted by Crippen LogP contribution is -2.33. The molecular weight excluding hydrogens is 316 g/mol. The molecule has 0 saturated carbocycles. The largest absolute Gasteiger partial charge is 0.425 e. The molecule has 126 valence electrons. The summed E-state index contributed by atoms with van der Waals surface area (Å²) >= 11 is 0. The molecule has 0 spiro atoms. The van der Waals surface area contributed by atoms with E-state index in [2.05, 4.69) is 15.6 Å². The van der Waals surface area contributed by atoms with Crippen LogP contribution in [0.5, 0.6) is 0 Å². The van der Waals surface area contributed by atoms with E-state index >= 15 is 0 Å². The van der Waals surface area contributed by atoms with Crippen LogP contribution in [-0.2, 0) is 0 Å². The van der Waals surface area contributed by atoms with Crippen LogP contribution in [0.3, 0.4) is 0 Å². The number of carbonyl (C=O) groups is 2. The summed E-state index contributed by atoms with van der Waals surface area (Å²) in [6, 6.07) is 8.06. The van der Waals surface area contributed by atoms with Crippen LogP contribution in [0.4, 0.5) is 0 Å². The zero-order chi connectivity index (χ0) is 17.5. The Labute approximate surface area is 135 Å². The van der Waals surface area contributed by atoms with E-state index in [9.17, 15) is 24.4 Å². The lowest BCUT2D eigenvalue weighted by atomic mass is 10.3. The molecule has 0 aliphatic rings. The number of hydrogen-bond donors (Lipinski definition) is 4. The molecule has 2 heterocycles. The van der Waals surface area contributed by atoms with Gasteiger partial charge in [0.25, 0.3) is 17.4 Å². The van der Waals surface area contributed by atoms with E-state index in [-0.39, 0.29) is 34.8 Å². The van der Waals surface area contributed by atoms with E-state index in [1.807, 2.05) is 0 Å². The van der Waals surface area contributed by atoms with E-state index < -0.39 is 17.4 Å². The third-order valence-corrected chi connectivity index (χ3v) is 3.10. The van der Waals surface area contributed by atoms with Gasteiger partial charge in [-0.2, -0.15) is 0 Å². The van der Waals surface area contributed by atoms with Crippen molar-refractivity contribution in [1.29, 1.82) is 0 Å². The summed E-state index contributed by atoms with van der Waals surface area (Å²) in [5.41, 5.74) is -1.09. The summed E-state index contributed by atoms with van der Waals surface area (Å²) in [6.45, 7) is 0.504. The number of rotatable bonds is 6. The molecule has 0 radical (unpaired) electrons. The first-order valence-corrected chi connectivity index (χ1v) is 7.16. The number of aromatic amines is 1. The SMILES string of the molecule is O=C(NCCCNC(=O)c1cccc(=O)n1O)c1cccc(=O)[nH]1. The predicted octanol–water partition coefficient (Wildman–Crippen LogP) is -0.676. The summed E-state index contributed by atoms with van der Waals surface area (Å²) in [5, 5.41) is 14.6. The Balaban J connectivity index is 1.76. The Morgan fingerprint density at radius 1 is 1.00 bits per heavy atom. The van der Waals surface area contributed by atoms with Gasteiger partial charge in [-0.3, -0.25) is 19.2 Å². The minimum atomic E-state index is -0.702. The van der Waals surface area contributed by atoms with Gasteiger partial charge in [0.15, 0.2) is 0 Å². The Kier molecular flexibility index (Phi) is 5.50. The lowest BCUT2D eigenvalue weighted by molar-refractivity contribution is 0.0891. The third kappa shape index (κ3) is 4.32. The number of carbonyl (C=O) groups excluding carboxylic acids is 2. The maximum Gasteiger partial charge on any atom is 0.283 e. The molecule has 0 aliphatic carbocycles. The van der Waals surface area contributed by atoms with Crippen molar-refractivity contribution in [1.82, 2.24) is 20.3 Å². The zero-order valence-electron chi connectivity index (χ0n) is 12.6. The first-order chi connectivity index (χ1) is 11.5. The molecule has 0 aliphatic heterocycles. The van der Waals surface area contributed by atoms with E-state index in [4.69, 9.17) is 0 Å². The summed E-state index contributed by atoms with van der Waals surface area (Å²) in [5.74, 6) is -1.03.